The van der Waals surface area contributed by atoms with Crippen LogP contribution in [0.2, 0.25) is 0 Å². The number of aliphatic hydroxyl groups is 4. The van der Waals surface area contributed by atoms with Crippen molar-refractivity contribution in [1.82, 2.24) is 4.90 Å². The van der Waals surface area contributed by atoms with Crippen LogP contribution in [0, 0.1) is 5.92 Å². The Hall–Kier alpha value is -0.980. The van der Waals surface area contributed by atoms with Crippen molar-refractivity contribution in [2.24, 2.45) is 5.92 Å². The van der Waals surface area contributed by atoms with Gasteiger partial charge in [0.2, 0.25) is 0 Å². The summed E-state index contributed by atoms with van der Waals surface area (Å²) in [7, 11) is 0. The Balaban J connectivity index is 1.92. The summed E-state index contributed by atoms with van der Waals surface area (Å²) in [6, 6.07) is 7.10. The average Bonchev–Trinajstić information content (AvgIpc) is 2.90. The van der Waals surface area contributed by atoms with Crippen LogP contribution in [-0.2, 0) is 6.61 Å². The minimum atomic E-state index is -0.750. The van der Waals surface area contributed by atoms with Crippen LogP contribution < -0.4 is 0 Å². The van der Waals surface area contributed by atoms with Crippen molar-refractivity contribution in [3.05, 3.63) is 35.4 Å². The van der Waals surface area contributed by atoms with Gasteiger partial charge in [0.25, 0.3) is 0 Å². The highest BCUT2D eigenvalue weighted by Gasteiger charge is 2.28. The predicted octanol–water partition coefficient (Wildman–Crippen LogP) is 0.276. The molecule has 1 aliphatic heterocycles. The standard InChI is InChI=1S/C16H25NO4/c1-11(15(20)9-17-7-6-14(19)8-17)16(21)13-4-2-12(10-18)3-5-13/h2-5,11,14-16,18-21H,6-10H2,1H3/t11-,14+,15+,16+/m1/s1. The lowest BCUT2D eigenvalue weighted by Crippen LogP contribution is -2.37. The van der Waals surface area contributed by atoms with Gasteiger partial charge in [-0.15, -0.1) is 0 Å². The van der Waals surface area contributed by atoms with Gasteiger partial charge < -0.3 is 20.4 Å². The van der Waals surface area contributed by atoms with E-state index < -0.39 is 12.2 Å². The Morgan fingerprint density at radius 1 is 1.24 bits per heavy atom. The van der Waals surface area contributed by atoms with E-state index in [9.17, 15) is 15.3 Å². The zero-order valence-electron chi connectivity index (χ0n) is 12.4. The van der Waals surface area contributed by atoms with Crippen LogP contribution in [0.15, 0.2) is 24.3 Å². The molecular weight excluding hydrogens is 270 g/mol. The fourth-order valence-electron chi connectivity index (χ4n) is 2.74. The highest BCUT2D eigenvalue weighted by Crippen LogP contribution is 2.26. The highest BCUT2D eigenvalue weighted by molar-refractivity contribution is 5.24. The van der Waals surface area contributed by atoms with Crippen LogP contribution in [0.3, 0.4) is 0 Å². The van der Waals surface area contributed by atoms with Crippen molar-refractivity contribution in [2.45, 2.75) is 38.3 Å². The van der Waals surface area contributed by atoms with Crippen molar-refractivity contribution in [3.63, 3.8) is 0 Å². The Kier molecular flexibility index (Phi) is 5.72. The first kappa shape index (κ1) is 16.4. The molecule has 5 heteroatoms. The van der Waals surface area contributed by atoms with Gasteiger partial charge >= 0.3 is 0 Å². The van der Waals surface area contributed by atoms with E-state index in [0.29, 0.717) is 13.1 Å². The largest absolute Gasteiger partial charge is 0.392 e. The third-order valence-corrected chi connectivity index (χ3v) is 4.30. The van der Waals surface area contributed by atoms with E-state index in [2.05, 4.69) is 0 Å². The second-order valence-electron chi connectivity index (χ2n) is 5.97. The molecule has 1 heterocycles. The van der Waals surface area contributed by atoms with E-state index in [4.69, 9.17) is 5.11 Å². The number of nitrogens with zero attached hydrogens (tertiary/aromatic N) is 1. The predicted molar refractivity (Wildman–Crippen MR) is 79.6 cm³/mol. The van der Waals surface area contributed by atoms with Gasteiger partial charge in [-0.1, -0.05) is 31.2 Å². The highest BCUT2D eigenvalue weighted by atomic mass is 16.3. The van der Waals surface area contributed by atoms with Gasteiger partial charge in [-0.05, 0) is 17.5 Å². The van der Waals surface area contributed by atoms with Crippen LogP contribution in [0.4, 0.5) is 0 Å². The molecule has 5 nitrogen and oxygen atoms in total. The number of rotatable bonds is 6. The van der Waals surface area contributed by atoms with Crippen LogP contribution in [0.1, 0.15) is 30.6 Å². The molecule has 0 spiro atoms. The van der Waals surface area contributed by atoms with Crippen molar-refractivity contribution < 1.29 is 20.4 Å². The maximum Gasteiger partial charge on any atom is 0.0840 e. The second-order valence-corrected chi connectivity index (χ2v) is 5.97. The Bertz CT molecular complexity index is 436. The van der Waals surface area contributed by atoms with Gasteiger partial charge in [0.1, 0.15) is 0 Å². The van der Waals surface area contributed by atoms with E-state index in [1.807, 2.05) is 11.8 Å². The minimum absolute atomic E-state index is 0.0220. The Morgan fingerprint density at radius 3 is 2.43 bits per heavy atom. The molecule has 0 bridgehead atoms. The molecule has 0 aromatic heterocycles. The smallest absolute Gasteiger partial charge is 0.0840 e. The van der Waals surface area contributed by atoms with Crippen molar-refractivity contribution in [2.75, 3.05) is 19.6 Å². The quantitative estimate of drug-likeness (QED) is 0.606. The van der Waals surface area contributed by atoms with E-state index in [0.717, 1.165) is 24.1 Å². The fraction of sp³-hybridized carbons (Fsp3) is 0.625. The van der Waals surface area contributed by atoms with Gasteiger partial charge in [0.05, 0.1) is 24.9 Å². The van der Waals surface area contributed by atoms with Crippen molar-refractivity contribution >= 4 is 0 Å². The molecule has 0 aliphatic carbocycles. The maximum atomic E-state index is 10.4. The molecule has 21 heavy (non-hydrogen) atoms. The summed E-state index contributed by atoms with van der Waals surface area (Å²) >= 11 is 0. The van der Waals surface area contributed by atoms with E-state index in [1.165, 1.54) is 0 Å². The Morgan fingerprint density at radius 2 is 1.90 bits per heavy atom. The molecule has 1 aromatic rings. The second kappa shape index (κ2) is 7.33. The van der Waals surface area contributed by atoms with E-state index in [-0.39, 0.29) is 18.6 Å². The third-order valence-electron chi connectivity index (χ3n) is 4.30. The monoisotopic (exact) mass is 295 g/mol. The van der Waals surface area contributed by atoms with Crippen LogP contribution >= 0.6 is 0 Å². The summed E-state index contributed by atoms with van der Waals surface area (Å²) in [6.45, 7) is 3.63. The number of hydrogen-bond acceptors (Lipinski definition) is 5. The molecule has 1 fully saturated rings. The van der Waals surface area contributed by atoms with E-state index in [1.54, 1.807) is 24.3 Å². The summed E-state index contributed by atoms with van der Waals surface area (Å²) < 4.78 is 0. The zero-order chi connectivity index (χ0) is 15.4. The number of likely N-dealkylation sites (tertiary alicyclic amines) is 1. The number of benzene rings is 1. The molecule has 0 radical (unpaired) electrons. The molecule has 0 amide bonds. The van der Waals surface area contributed by atoms with Crippen LogP contribution in [-0.4, -0.2) is 57.2 Å². The lowest BCUT2D eigenvalue weighted by Gasteiger charge is -2.28. The van der Waals surface area contributed by atoms with Gasteiger partial charge in [-0.3, -0.25) is 4.90 Å². The normalized spacial score (nSPS) is 24.0. The summed E-state index contributed by atoms with van der Waals surface area (Å²) in [5, 5.41) is 39.1. The Labute approximate surface area is 125 Å². The molecule has 1 saturated heterocycles. The lowest BCUT2D eigenvalue weighted by molar-refractivity contribution is 0.00364. The summed E-state index contributed by atoms with van der Waals surface area (Å²) in [5.41, 5.74) is 1.53. The first-order valence-electron chi connectivity index (χ1n) is 7.47. The van der Waals surface area contributed by atoms with Crippen LogP contribution in [0.25, 0.3) is 0 Å². The van der Waals surface area contributed by atoms with Gasteiger partial charge in [-0.25, -0.2) is 0 Å². The molecule has 2 rings (SSSR count). The summed E-state index contributed by atoms with van der Waals surface area (Å²) in [4.78, 5) is 2.02. The lowest BCUT2D eigenvalue weighted by atomic mass is 9.92. The topological polar surface area (TPSA) is 84.2 Å². The number of aliphatic hydroxyl groups excluding tert-OH is 4. The first-order valence-corrected chi connectivity index (χ1v) is 7.47. The van der Waals surface area contributed by atoms with Crippen molar-refractivity contribution in [1.29, 1.82) is 0 Å². The average molecular weight is 295 g/mol. The summed E-state index contributed by atoms with van der Waals surface area (Å²) in [5.74, 6) is -0.303. The molecular formula is C16H25NO4. The molecule has 1 aliphatic rings. The molecule has 0 unspecified atom stereocenters. The van der Waals surface area contributed by atoms with Crippen LogP contribution in [0.5, 0.6) is 0 Å². The molecule has 0 saturated carbocycles. The fourth-order valence-corrected chi connectivity index (χ4v) is 2.74. The molecule has 1 aromatic carbocycles. The number of hydrogen-bond donors (Lipinski definition) is 4. The van der Waals surface area contributed by atoms with Gasteiger partial charge in [-0.2, -0.15) is 0 Å². The first-order chi connectivity index (χ1) is 10.0. The number of β-amino-alcohol motifs (C(OH)–C–C–N with tert-alkyl or cyclic N) is 2. The third kappa shape index (κ3) is 4.25. The van der Waals surface area contributed by atoms with Gasteiger partial charge in [0.15, 0.2) is 0 Å². The maximum absolute atomic E-state index is 10.4. The zero-order valence-corrected chi connectivity index (χ0v) is 12.4. The van der Waals surface area contributed by atoms with Crippen molar-refractivity contribution in [3.8, 4) is 0 Å². The SMILES string of the molecule is C[C@@H]([C@H](O)c1ccc(CO)cc1)[C@@H](O)CN1CC[C@H](O)C1. The molecule has 118 valence electrons. The summed E-state index contributed by atoms with van der Waals surface area (Å²) in [6.07, 6.45) is -0.960. The minimum Gasteiger partial charge on any atom is -0.392 e. The molecule has 4 N–H and O–H groups in total. The van der Waals surface area contributed by atoms with Gasteiger partial charge in [0, 0.05) is 25.6 Å². The van der Waals surface area contributed by atoms with E-state index >= 15 is 0 Å². The molecule has 4 atom stereocenters.